The van der Waals surface area contributed by atoms with Crippen LogP contribution in [-0.4, -0.2) is 13.1 Å². The average molecular weight is 310 g/mol. The fourth-order valence-corrected chi connectivity index (χ4v) is 2.58. The zero-order valence-corrected chi connectivity index (χ0v) is 12.9. The Morgan fingerprint density at radius 2 is 2.06 bits per heavy atom. The molecule has 0 aliphatic heterocycles. The summed E-state index contributed by atoms with van der Waals surface area (Å²) in [7, 11) is 2.06. The van der Waals surface area contributed by atoms with Crippen LogP contribution in [0.15, 0.2) is 41.4 Å². The van der Waals surface area contributed by atoms with Gasteiger partial charge in [0.05, 0.1) is 0 Å². The van der Waals surface area contributed by atoms with Gasteiger partial charge in [0, 0.05) is 10.5 Å². The predicted octanol–water partition coefficient (Wildman–Crippen LogP) is 4.72. The lowest BCUT2D eigenvalue weighted by Crippen LogP contribution is -2.27. The van der Waals surface area contributed by atoms with E-state index < -0.39 is 0 Å². The van der Waals surface area contributed by atoms with Crippen LogP contribution in [0.4, 0.5) is 0 Å². The Morgan fingerprint density at radius 3 is 2.72 bits per heavy atom. The Morgan fingerprint density at radius 1 is 1.28 bits per heavy atom. The van der Waals surface area contributed by atoms with Gasteiger partial charge in [-0.05, 0) is 44.4 Å². The minimum atomic E-state index is 0.576. The molecule has 0 saturated carbocycles. The molecule has 1 aromatic rings. The van der Waals surface area contributed by atoms with E-state index in [1.165, 1.54) is 35.7 Å². The Hall–Kier alpha value is -0.600. The van der Waals surface area contributed by atoms with Crippen molar-refractivity contribution in [3.63, 3.8) is 0 Å². The van der Waals surface area contributed by atoms with E-state index in [-0.39, 0.29) is 0 Å². The van der Waals surface area contributed by atoms with Gasteiger partial charge in [-0.3, -0.25) is 0 Å². The highest BCUT2D eigenvalue weighted by Crippen LogP contribution is 2.19. The normalized spacial score (nSPS) is 12.3. The van der Waals surface area contributed by atoms with Crippen molar-refractivity contribution >= 4 is 15.9 Å². The molecule has 0 bridgehead atoms. The molecule has 1 rings (SSSR count). The lowest BCUT2D eigenvalue weighted by molar-refractivity contribution is 0.486. The van der Waals surface area contributed by atoms with Crippen molar-refractivity contribution in [2.75, 3.05) is 7.05 Å². The smallest absolute Gasteiger partial charge is 0.0207 e. The Labute approximate surface area is 120 Å². The maximum absolute atomic E-state index is 3.76. The number of rotatable bonds is 9. The van der Waals surface area contributed by atoms with E-state index in [4.69, 9.17) is 0 Å². The van der Waals surface area contributed by atoms with Crippen LogP contribution < -0.4 is 5.32 Å². The Kier molecular flexibility index (Phi) is 8.03. The van der Waals surface area contributed by atoms with E-state index in [9.17, 15) is 0 Å². The Bertz CT molecular complexity index is 349. The maximum atomic E-state index is 3.76. The van der Waals surface area contributed by atoms with Crippen molar-refractivity contribution in [2.24, 2.45) is 0 Å². The first-order chi connectivity index (χ1) is 8.77. The van der Waals surface area contributed by atoms with E-state index in [0.717, 1.165) is 12.8 Å². The van der Waals surface area contributed by atoms with E-state index in [1.54, 1.807) is 0 Å². The highest BCUT2D eigenvalue weighted by Gasteiger charge is 2.08. The topological polar surface area (TPSA) is 12.0 Å². The molecule has 0 fully saturated rings. The monoisotopic (exact) mass is 309 g/mol. The summed E-state index contributed by atoms with van der Waals surface area (Å²) in [6.07, 6.45) is 9.37. The molecule has 1 aromatic carbocycles. The van der Waals surface area contributed by atoms with Crippen LogP contribution in [0.3, 0.4) is 0 Å². The molecule has 0 spiro atoms. The summed E-state index contributed by atoms with van der Waals surface area (Å²) in [6.45, 7) is 3.76. The van der Waals surface area contributed by atoms with Gasteiger partial charge in [0.2, 0.25) is 0 Å². The van der Waals surface area contributed by atoms with Crippen LogP contribution in [-0.2, 0) is 6.42 Å². The van der Waals surface area contributed by atoms with Gasteiger partial charge in [0.25, 0.3) is 0 Å². The standard InChI is InChI=1S/C16H24BrN/c1-3-4-5-6-7-11-15(18-2)13-14-10-8-9-12-16(14)17/h3,8-10,12,15,18H,1,4-7,11,13H2,2H3. The summed E-state index contributed by atoms with van der Waals surface area (Å²) in [5, 5.41) is 3.43. The molecule has 0 heterocycles. The summed E-state index contributed by atoms with van der Waals surface area (Å²) in [6, 6.07) is 9.07. The van der Waals surface area contributed by atoms with Crippen LogP contribution in [0.1, 0.15) is 37.7 Å². The van der Waals surface area contributed by atoms with Gasteiger partial charge in [0.1, 0.15) is 0 Å². The lowest BCUT2D eigenvalue weighted by Gasteiger charge is -2.17. The molecule has 18 heavy (non-hydrogen) atoms. The number of likely N-dealkylation sites (N-methyl/N-ethyl adjacent to an activating group) is 1. The number of benzene rings is 1. The molecule has 0 aromatic heterocycles. The summed E-state index contributed by atoms with van der Waals surface area (Å²) < 4.78 is 1.22. The van der Waals surface area contributed by atoms with Crippen molar-refractivity contribution < 1.29 is 0 Å². The van der Waals surface area contributed by atoms with E-state index in [0.29, 0.717) is 6.04 Å². The first-order valence-corrected chi connectivity index (χ1v) is 7.58. The van der Waals surface area contributed by atoms with Crippen molar-refractivity contribution in [3.8, 4) is 0 Å². The van der Waals surface area contributed by atoms with E-state index in [2.05, 4.69) is 59.1 Å². The molecular weight excluding hydrogens is 286 g/mol. The van der Waals surface area contributed by atoms with Gasteiger partial charge in [-0.2, -0.15) is 0 Å². The minimum Gasteiger partial charge on any atom is -0.317 e. The molecule has 100 valence electrons. The van der Waals surface area contributed by atoms with Crippen molar-refractivity contribution in [1.29, 1.82) is 0 Å². The van der Waals surface area contributed by atoms with Crippen molar-refractivity contribution in [2.45, 2.75) is 44.6 Å². The molecule has 0 amide bonds. The molecule has 0 radical (unpaired) electrons. The molecule has 0 saturated heterocycles. The van der Waals surface area contributed by atoms with Gasteiger partial charge in [-0.15, -0.1) is 6.58 Å². The molecular formula is C16H24BrN. The third-order valence-electron chi connectivity index (χ3n) is 3.29. The third-order valence-corrected chi connectivity index (χ3v) is 4.07. The molecule has 1 nitrogen and oxygen atoms in total. The number of allylic oxidation sites excluding steroid dienone is 1. The zero-order chi connectivity index (χ0) is 13.2. The van der Waals surface area contributed by atoms with Crippen LogP contribution in [0.2, 0.25) is 0 Å². The highest BCUT2D eigenvalue weighted by molar-refractivity contribution is 9.10. The van der Waals surface area contributed by atoms with Gasteiger partial charge >= 0.3 is 0 Å². The van der Waals surface area contributed by atoms with E-state index >= 15 is 0 Å². The maximum Gasteiger partial charge on any atom is 0.0207 e. The number of halogens is 1. The predicted molar refractivity (Wildman–Crippen MR) is 84.0 cm³/mol. The number of unbranched alkanes of at least 4 members (excludes halogenated alkanes) is 3. The van der Waals surface area contributed by atoms with Gasteiger partial charge in [-0.1, -0.05) is 53.0 Å². The summed E-state index contributed by atoms with van der Waals surface area (Å²) in [5.41, 5.74) is 1.39. The fraction of sp³-hybridized carbons (Fsp3) is 0.500. The minimum absolute atomic E-state index is 0.576. The van der Waals surface area contributed by atoms with Gasteiger partial charge in [0.15, 0.2) is 0 Å². The van der Waals surface area contributed by atoms with Gasteiger partial charge < -0.3 is 5.32 Å². The highest BCUT2D eigenvalue weighted by atomic mass is 79.9. The summed E-state index contributed by atoms with van der Waals surface area (Å²) in [5.74, 6) is 0. The van der Waals surface area contributed by atoms with Crippen LogP contribution >= 0.6 is 15.9 Å². The Balaban J connectivity index is 2.33. The molecule has 1 unspecified atom stereocenters. The molecule has 1 N–H and O–H groups in total. The molecule has 0 aliphatic carbocycles. The van der Waals surface area contributed by atoms with Crippen LogP contribution in [0, 0.1) is 0 Å². The second-order valence-corrected chi connectivity index (χ2v) is 5.56. The largest absolute Gasteiger partial charge is 0.317 e. The lowest BCUT2D eigenvalue weighted by atomic mass is 10.00. The average Bonchev–Trinajstić information content (AvgIpc) is 2.39. The van der Waals surface area contributed by atoms with Crippen molar-refractivity contribution in [1.82, 2.24) is 5.32 Å². The fourth-order valence-electron chi connectivity index (χ4n) is 2.13. The first kappa shape index (κ1) is 15.5. The number of hydrogen-bond acceptors (Lipinski definition) is 1. The zero-order valence-electron chi connectivity index (χ0n) is 11.3. The molecule has 0 aliphatic rings. The quantitative estimate of drug-likeness (QED) is 0.514. The van der Waals surface area contributed by atoms with Gasteiger partial charge in [-0.25, -0.2) is 0 Å². The SMILES string of the molecule is C=CCCCCCC(Cc1ccccc1Br)NC. The second kappa shape index (κ2) is 9.35. The molecule has 1 atom stereocenters. The van der Waals surface area contributed by atoms with Crippen LogP contribution in [0.25, 0.3) is 0 Å². The number of nitrogens with one attached hydrogen (secondary N) is 1. The number of hydrogen-bond donors (Lipinski definition) is 1. The first-order valence-electron chi connectivity index (χ1n) is 6.79. The molecule has 2 heteroatoms. The summed E-state index contributed by atoms with van der Waals surface area (Å²) in [4.78, 5) is 0. The second-order valence-electron chi connectivity index (χ2n) is 4.71. The third kappa shape index (κ3) is 5.83. The summed E-state index contributed by atoms with van der Waals surface area (Å²) >= 11 is 3.62. The van der Waals surface area contributed by atoms with Crippen LogP contribution in [0.5, 0.6) is 0 Å². The van der Waals surface area contributed by atoms with E-state index in [1.807, 2.05) is 6.08 Å². The van der Waals surface area contributed by atoms with Crippen molar-refractivity contribution in [3.05, 3.63) is 47.0 Å².